The smallest absolute Gasteiger partial charge is 0.382 e. The van der Waals surface area contributed by atoms with Crippen molar-refractivity contribution >= 4 is 21.9 Å². The van der Waals surface area contributed by atoms with E-state index in [0.717, 1.165) is 18.2 Å². The maximum atomic E-state index is 14.4. The van der Waals surface area contributed by atoms with Crippen LogP contribution in [0.4, 0.5) is 17.6 Å². The van der Waals surface area contributed by atoms with Gasteiger partial charge in [0.2, 0.25) is 0 Å². The van der Waals surface area contributed by atoms with Crippen LogP contribution in [-0.4, -0.2) is 12.6 Å². The Kier molecular flexibility index (Phi) is 5.48. The average molecular weight is 407 g/mol. The number of rotatable bonds is 5. The average Bonchev–Trinajstić information content (AvgIpc) is 2.46. The first kappa shape index (κ1) is 18.3. The van der Waals surface area contributed by atoms with Gasteiger partial charge in [-0.1, -0.05) is 22.0 Å². The number of halogens is 5. The Bertz CT molecular complexity index is 745. The van der Waals surface area contributed by atoms with Gasteiger partial charge in [0.25, 0.3) is 0 Å². The maximum Gasteiger partial charge on any atom is 0.382 e. The highest BCUT2D eigenvalue weighted by Gasteiger charge is 2.46. The van der Waals surface area contributed by atoms with E-state index in [1.807, 2.05) is 0 Å². The number of esters is 1. The minimum absolute atomic E-state index is 0.116. The number of hydrogen-bond acceptors (Lipinski definition) is 3. The number of alkyl halides is 2. The second-order valence-corrected chi connectivity index (χ2v) is 5.47. The van der Waals surface area contributed by atoms with Gasteiger partial charge in [-0.3, -0.25) is 0 Å². The Morgan fingerprint density at radius 3 is 2.38 bits per heavy atom. The second kappa shape index (κ2) is 7.21. The Balaban J connectivity index is 2.48. The van der Waals surface area contributed by atoms with Gasteiger partial charge in [-0.25, -0.2) is 13.6 Å². The van der Waals surface area contributed by atoms with E-state index >= 15 is 0 Å². The zero-order valence-electron chi connectivity index (χ0n) is 12.3. The molecule has 0 N–H and O–H groups in total. The summed E-state index contributed by atoms with van der Waals surface area (Å²) in [5.74, 6) is -8.40. The Morgan fingerprint density at radius 1 is 1.17 bits per heavy atom. The molecule has 0 aliphatic carbocycles. The predicted molar refractivity (Wildman–Crippen MR) is 81.1 cm³/mol. The highest BCUT2D eigenvalue weighted by Crippen LogP contribution is 2.42. The van der Waals surface area contributed by atoms with Crippen LogP contribution in [0, 0.1) is 11.6 Å². The molecule has 3 nitrogen and oxygen atoms in total. The first-order valence-electron chi connectivity index (χ1n) is 6.73. The molecule has 0 unspecified atom stereocenters. The highest BCUT2D eigenvalue weighted by atomic mass is 79.9. The summed E-state index contributed by atoms with van der Waals surface area (Å²) in [5.41, 5.74) is -0.798. The van der Waals surface area contributed by atoms with Crippen LogP contribution in [0.25, 0.3) is 0 Å². The van der Waals surface area contributed by atoms with Crippen LogP contribution in [0.3, 0.4) is 0 Å². The van der Waals surface area contributed by atoms with Crippen molar-refractivity contribution in [2.75, 3.05) is 6.61 Å². The van der Waals surface area contributed by atoms with Crippen LogP contribution in [0.2, 0.25) is 0 Å². The van der Waals surface area contributed by atoms with Crippen molar-refractivity contribution in [1.29, 1.82) is 0 Å². The molecule has 2 aromatic carbocycles. The Morgan fingerprint density at radius 2 is 1.79 bits per heavy atom. The minimum atomic E-state index is -4.02. The van der Waals surface area contributed by atoms with E-state index in [4.69, 9.17) is 4.74 Å². The van der Waals surface area contributed by atoms with Gasteiger partial charge in [-0.05, 0) is 19.1 Å². The summed E-state index contributed by atoms with van der Waals surface area (Å²) in [6.07, 6.45) is 0. The predicted octanol–water partition coefficient (Wildman–Crippen LogP) is 5.17. The van der Waals surface area contributed by atoms with E-state index in [0.29, 0.717) is 6.07 Å². The molecule has 0 heterocycles. The third kappa shape index (κ3) is 3.87. The molecule has 0 saturated heterocycles. The molecule has 0 aliphatic rings. The monoisotopic (exact) mass is 406 g/mol. The van der Waals surface area contributed by atoms with E-state index < -0.39 is 34.8 Å². The topological polar surface area (TPSA) is 35.5 Å². The van der Waals surface area contributed by atoms with Crippen LogP contribution >= 0.6 is 15.9 Å². The molecule has 2 aromatic rings. The number of benzene rings is 2. The van der Waals surface area contributed by atoms with Crippen molar-refractivity contribution in [2.45, 2.75) is 12.8 Å². The quantitative estimate of drug-likeness (QED) is 0.507. The van der Waals surface area contributed by atoms with Gasteiger partial charge in [0.05, 0.1) is 12.2 Å². The van der Waals surface area contributed by atoms with E-state index in [1.54, 1.807) is 0 Å². The summed E-state index contributed by atoms with van der Waals surface area (Å²) in [5, 5.41) is 0. The standard InChI is InChI=1S/C16H11BrF4O3/c1-2-23-15(22)16(20,21)14-12(17)4-3-5-13(14)24-11-7-9(18)6-10(19)8-11/h3-8H,2H2,1H3. The van der Waals surface area contributed by atoms with Gasteiger partial charge in [0.1, 0.15) is 23.1 Å². The highest BCUT2D eigenvalue weighted by molar-refractivity contribution is 9.10. The lowest BCUT2D eigenvalue weighted by Gasteiger charge is -2.20. The summed E-state index contributed by atoms with van der Waals surface area (Å²) in [6.45, 7) is 1.16. The first-order valence-corrected chi connectivity index (χ1v) is 7.53. The summed E-state index contributed by atoms with van der Waals surface area (Å²) in [4.78, 5) is 11.6. The van der Waals surface area contributed by atoms with Crippen LogP contribution in [0.15, 0.2) is 40.9 Å². The summed E-state index contributed by atoms with van der Waals surface area (Å²) in [7, 11) is 0. The molecule has 0 atom stereocenters. The zero-order chi connectivity index (χ0) is 17.9. The summed E-state index contributed by atoms with van der Waals surface area (Å²) in [6, 6.07) is 6.08. The molecule has 0 spiro atoms. The van der Waals surface area contributed by atoms with Gasteiger partial charge in [0.15, 0.2) is 0 Å². The largest absolute Gasteiger partial charge is 0.461 e. The zero-order valence-corrected chi connectivity index (χ0v) is 13.9. The third-order valence-electron chi connectivity index (χ3n) is 2.89. The van der Waals surface area contributed by atoms with E-state index in [1.165, 1.54) is 19.1 Å². The fourth-order valence-electron chi connectivity index (χ4n) is 1.93. The second-order valence-electron chi connectivity index (χ2n) is 4.62. The Hall–Kier alpha value is -2.09. The normalized spacial score (nSPS) is 11.2. The molecule has 0 fully saturated rings. The molecule has 0 bridgehead atoms. The van der Waals surface area contributed by atoms with Gasteiger partial charge >= 0.3 is 11.9 Å². The molecule has 0 amide bonds. The van der Waals surface area contributed by atoms with Crippen molar-refractivity contribution < 1.29 is 31.8 Å². The van der Waals surface area contributed by atoms with Crippen molar-refractivity contribution in [1.82, 2.24) is 0 Å². The fraction of sp³-hybridized carbons (Fsp3) is 0.188. The lowest BCUT2D eigenvalue weighted by Crippen LogP contribution is -2.29. The molecule has 0 aliphatic heterocycles. The summed E-state index contributed by atoms with van der Waals surface area (Å²) < 4.78 is 64.6. The van der Waals surface area contributed by atoms with Gasteiger partial charge < -0.3 is 9.47 Å². The number of carbonyl (C=O) groups excluding carboxylic acids is 1. The van der Waals surface area contributed by atoms with Crippen LogP contribution in [0.5, 0.6) is 11.5 Å². The van der Waals surface area contributed by atoms with Crippen LogP contribution < -0.4 is 4.74 Å². The molecular weight excluding hydrogens is 396 g/mol. The molecular formula is C16H11BrF4O3. The third-order valence-corrected chi connectivity index (χ3v) is 3.55. The molecule has 2 rings (SSSR count). The number of ether oxygens (including phenoxy) is 2. The van der Waals surface area contributed by atoms with Crippen LogP contribution in [-0.2, 0) is 15.5 Å². The number of carbonyl (C=O) groups is 1. The SMILES string of the molecule is CCOC(=O)C(F)(F)c1c(Br)cccc1Oc1cc(F)cc(F)c1. The van der Waals surface area contributed by atoms with Crippen molar-refractivity contribution in [2.24, 2.45) is 0 Å². The van der Waals surface area contributed by atoms with Gasteiger partial charge in [-0.15, -0.1) is 0 Å². The van der Waals surface area contributed by atoms with Crippen molar-refractivity contribution in [3.05, 3.63) is 58.1 Å². The molecule has 8 heteroatoms. The molecule has 128 valence electrons. The van der Waals surface area contributed by atoms with Gasteiger partial charge in [-0.2, -0.15) is 8.78 Å². The van der Waals surface area contributed by atoms with E-state index in [9.17, 15) is 22.4 Å². The molecule has 24 heavy (non-hydrogen) atoms. The van der Waals surface area contributed by atoms with E-state index in [-0.39, 0.29) is 16.8 Å². The maximum absolute atomic E-state index is 14.4. The Labute approximate surface area is 143 Å². The van der Waals surface area contributed by atoms with Crippen molar-refractivity contribution in [3.8, 4) is 11.5 Å². The lowest BCUT2D eigenvalue weighted by atomic mass is 10.1. The summed E-state index contributed by atoms with van der Waals surface area (Å²) >= 11 is 2.93. The molecule has 0 radical (unpaired) electrons. The van der Waals surface area contributed by atoms with Crippen LogP contribution in [0.1, 0.15) is 12.5 Å². The van der Waals surface area contributed by atoms with Crippen molar-refractivity contribution in [3.63, 3.8) is 0 Å². The molecule has 0 aromatic heterocycles. The lowest BCUT2D eigenvalue weighted by molar-refractivity contribution is -0.173. The first-order chi connectivity index (χ1) is 11.3. The van der Waals surface area contributed by atoms with Gasteiger partial charge in [0, 0.05) is 22.7 Å². The van der Waals surface area contributed by atoms with E-state index in [2.05, 4.69) is 20.7 Å². The molecule has 0 saturated carbocycles. The number of hydrogen-bond donors (Lipinski definition) is 0. The minimum Gasteiger partial charge on any atom is -0.461 e. The fourth-order valence-corrected chi connectivity index (χ4v) is 2.53.